The summed E-state index contributed by atoms with van der Waals surface area (Å²) < 4.78 is 1.98. The van der Waals surface area contributed by atoms with E-state index in [1.807, 2.05) is 40.4 Å². The molecule has 0 fully saturated rings. The predicted molar refractivity (Wildman–Crippen MR) is 92.3 cm³/mol. The lowest BCUT2D eigenvalue weighted by molar-refractivity contribution is -0.669. The van der Waals surface area contributed by atoms with E-state index in [0.717, 1.165) is 22.3 Å². The van der Waals surface area contributed by atoms with Crippen molar-refractivity contribution >= 4 is 34.0 Å². The van der Waals surface area contributed by atoms with Crippen LogP contribution in [0.5, 0.6) is 5.75 Å². The Labute approximate surface area is 148 Å². The van der Waals surface area contributed by atoms with E-state index in [9.17, 15) is 9.90 Å². The molecule has 0 aliphatic rings. The Balaban J connectivity index is 0.000000185. The van der Waals surface area contributed by atoms with E-state index in [2.05, 4.69) is 0 Å². The van der Waals surface area contributed by atoms with Gasteiger partial charge >= 0.3 is 11.1 Å². The third-order valence-electron chi connectivity index (χ3n) is 3.13. The summed E-state index contributed by atoms with van der Waals surface area (Å²) >= 11 is 7.57. The van der Waals surface area contributed by atoms with E-state index >= 15 is 0 Å². The van der Waals surface area contributed by atoms with Crippen molar-refractivity contribution in [2.24, 2.45) is 0 Å². The van der Waals surface area contributed by atoms with Crippen LogP contribution in [-0.2, 0) is 6.54 Å². The quantitative estimate of drug-likeness (QED) is 0.701. The lowest BCUT2D eigenvalue weighted by atomic mass is 10.2. The number of carboxylic acids is 1. The molecule has 0 unspecified atom stereocenters. The first-order valence-electron chi connectivity index (χ1n) is 6.94. The van der Waals surface area contributed by atoms with Crippen molar-refractivity contribution in [1.29, 1.82) is 0 Å². The molecule has 7 heteroatoms. The monoisotopic (exact) mass is 362 g/mol. The Hall–Kier alpha value is -2.57. The number of hydrogen-bond donors (Lipinski definition) is 2. The minimum Gasteiger partial charge on any atom is -0.872 e. The van der Waals surface area contributed by atoms with Gasteiger partial charge in [-0.1, -0.05) is 65.1 Å². The molecule has 0 saturated carbocycles. The van der Waals surface area contributed by atoms with E-state index in [1.165, 1.54) is 35.6 Å². The highest BCUT2D eigenvalue weighted by Gasteiger charge is 2.08. The number of aromatic carboxylic acids is 1. The van der Waals surface area contributed by atoms with Crippen LogP contribution in [0.15, 0.2) is 60.1 Å². The normalized spacial score (nSPS) is 9.88. The van der Waals surface area contributed by atoms with Crippen LogP contribution < -0.4 is 15.4 Å². The first-order valence-corrected chi connectivity index (χ1v) is 8.20. The Morgan fingerprint density at radius 3 is 2.42 bits per heavy atom. The summed E-state index contributed by atoms with van der Waals surface area (Å²) in [5, 5.41) is 22.6. The fourth-order valence-electron chi connectivity index (χ4n) is 1.90. The Morgan fingerprint density at radius 2 is 1.88 bits per heavy atom. The number of thiazole rings is 1. The number of nitrogens with zero attached hydrogens (tertiary/aromatic N) is 1. The molecule has 24 heavy (non-hydrogen) atoms. The first-order chi connectivity index (χ1) is 11.5. The molecule has 0 bridgehead atoms. The van der Waals surface area contributed by atoms with Gasteiger partial charge < -0.3 is 10.2 Å². The fraction of sp³-hybridized carbons (Fsp3) is 0.0588. The van der Waals surface area contributed by atoms with Crippen LogP contribution in [0.3, 0.4) is 0 Å². The molecule has 1 aromatic heterocycles. The van der Waals surface area contributed by atoms with Crippen molar-refractivity contribution in [2.45, 2.75) is 6.54 Å². The molecule has 3 aromatic rings. The molecule has 1 heterocycles. The molecule has 2 aromatic carbocycles. The molecule has 5 nitrogen and oxygen atoms in total. The van der Waals surface area contributed by atoms with Crippen molar-refractivity contribution in [3.05, 3.63) is 76.3 Å². The van der Waals surface area contributed by atoms with Crippen LogP contribution in [-0.4, -0.2) is 11.1 Å². The molecule has 0 atom stereocenters. The van der Waals surface area contributed by atoms with Gasteiger partial charge in [0, 0.05) is 16.0 Å². The standard InChI is InChI=1S/C10H9ClN2S.C7H6O3/c11-9-4-2-1-3-8(9)7-13-5-6-14-10(13)12;8-6-4-2-1-3-5(6)7(9)10/h1-6,12H,7H2;1-4,8H,(H,9,10). The molecular weight excluding hydrogens is 348 g/mol. The Morgan fingerprint density at radius 1 is 1.21 bits per heavy atom. The summed E-state index contributed by atoms with van der Waals surface area (Å²) in [7, 11) is 0. The Kier molecular flexibility index (Phi) is 6.17. The highest BCUT2D eigenvalue weighted by Crippen LogP contribution is 2.15. The summed E-state index contributed by atoms with van der Waals surface area (Å²) in [4.78, 5) is 10.2. The molecule has 0 spiro atoms. The average molecular weight is 363 g/mol. The number of anilines is 1. The van der Waals surface area contributed by atoms with Gasteiger partial charge in [-0.2, -0.15) is 0 Å². The highest BCUT2D eigenvalue weighted by molar-refractivity contribution is 7.12. The minimum absolute atomic E-state index is 0.178. The molecule has 0 aliphatic heterocycles. The summed E-state index contributed by atoms with van der Waals surface area (Å²) in [6.45, 7) is 0.731. The van der Waals surface area contributed by atoms with Crippen LogP contribution in [0, 0.1) is 0 Å². The number of aromatic nitrogens is 1. The maximum Gasteiger partial charge on any atom is 0.335 e. The van der Waals surface area contributed by atoms with Crippen LogP contribution in [0.4, 0.5) is 5.13 Å². The number of rotatable bonds is 3. The van der Waals surface area contributed by atoms with E-state index in [-0.39, 0.29) is 5.56 Å². The summed E-state index contributed by atoms with van der Waals surface area (Å²) in [5.74, 6) is -1.62. The van der Waals surface area contributed by atoms with E-state index in [0.29, 0.717) is 0 Å². The van der Waals surface area contributed by atoms with Gasteiger partial charge in [-0.15, -0.1) is 0 Å². The minimum atomic E-state index is -1.18. The SMILES string of the molecule is Nc1scc[n+]1Cc1ccccc1Cl.O=C(O)c1ccccc1[O-]. The summed E-state index contributed by atoms with van der Waals surface area (Å²) in [6, 6.07) is 13.3. The second-order valence-corrected chi connectivity index (χ2v) is 6.10. The number of nitrogen functional groups attached to an aromatic ring is 1. The lowest BCUT2D eigenvalue weighted by Crippen LogP contribution is -2.34. The van der Waals surface area contributed by atoms with Gasteiger partial charge in [0.2, 0.25) is 0 Å². The average Bonchev–Trinajstić information content (AvgIpc) is 2.95. The van der Waals surface area contributed by atoms with Crippen molar-refractivity contribution in [3.63, 3.8) is 0 Å². The molecule has 0 saturated heterocycles. The maximum atomic E-state index is 10.7. The largest absolute Gasteiger partial charge is 0.872 e. The smallest absolute Gasteiger partial charge is 0.335 e. The van der Waals surface area contributed by atoms with E-state index in [4.69, 9.17) is 22.4 Å². The number of hydrogen-bond acceptors (Lipinski definition) is 4. The van der Waals surface area contributed by atoms with Gasteiger partial charge in [-0.25, -0.2) is 9.36 Å². The zero-order valence-electron chi connectivity index (χ0n) is 12.6. The van der Waals surface area contributed by atoms with Gasteiger partial charge in [0.05, 0.1) is 5.56 Å². The molecule has 0 aliphatic carbocycles. The third-order valence-corrected chi connectivity index (χ3v) is 4.23. The molecule has 3 N–H and O–H groups in total. The van der Waals surface area contributed by atoms with Gasteiger partial charge in [0.1, 0.15) is 12.7 Å². The van der Waals surface area contributed by atoms with Crippen LogP contribution in [0.1, 0.15) is 15.9 Å². The van der Waals surface area contributed by atoms with Crippen molar-refractivity contribution in [1.82, 2.24) is 0 Å². The van der Waals surface area contributed by atoms with Crippen LogP contribution in [0.25, 0.3) is 0 Å². The number of benzene rings is 2. The number of para-hydroxylation sites is 1. The number of nitrogens with two attached hydrogens (primary N) is 1. The van der Waals surface area contributed by atoms with Gasteiger partial charge in [-0.3, -0.25) is 5.73 Å². The van der Waals surface area contributed by atoms with Crippen molar-refractivity contribution in [3.8, 4) is 5.75 Å². The zero-order valence-corrected chi connectivity index (χ0v) is 14.1. The summed E-state index contributed by atoms with van der Waals surface area (Å²) in [5.41, 5.74) is 6.69. The van der Waals surface area contributed by atoms with Gasteiger partial charge in [-0.05, 0) is 12.1 Å². The second kappa shape index (κ2) is 8.33. The molecule has 124 valence electrons. The fourth-order valence-corrected chi connectivity index (χ4v) is 2.70. The molecule has 0 amide bonds. The van der Waals surface area contributed by atoms with Gasteiger partial charge in [0.25, 0.3) is 0 Å². The van der Waals surface area contributed by atoms with E-state index in [1.54, 1.807) is 0 Å². The maximum absolute atomic E-state index is 10.7. The number of carbonyl (C=O) groups is 1. The van der Waals surface area contributed by atoms with Gasteiger partial charge in [0.15, 0.2) is 0 Å². The van der Waals surface area contributed by atoms with Crippen molar-refractivity contribution < 1.29 is 19.6 Å². The van der Waals surface area contributed by atoms with Crippen LogP contribution >= 0.6 is 22.9 Å². The zero-order chi connectivity index (χ0) is 17.5. The third kappa shape index (κ3) is 4.71. The first kappa shape index (κ1) is 17.8. The second-order valence-electron chi connectivity index (χ2n) is 4.76. The summed E-state index contributed by atoms with van der Waals surface area (Å²) in [6.07, 6.45) is 1.96. The van der Waals surface area contributed by atoms with E-state index < -0.39 is 11.7 Å². The number of halogens is 1. The molecular formula is C17H15ClN2O3S. The highest BCUT2D eigenvalue weighted by atomic mass is 35.5. The van der Waals surface area contributed by atoms with Crippen LogP contribution in [0.2, 0.25) is 5.02 Å². The lowest BCUT2D eigenvalue weighted by Gasteiger charge is -2.07. The number of carboxylic acid groups (broad SMARTS) is 1. The predicted octanol–water partition coefficient (Wildman–Crippen LogP) is 2.78. The van der Waals surface area contributed by atoms with Crippen molar-refractivity contribution in [2.75, 3.05) is 5.73 Å². The molecule has 0 radical (unpaired) electrons. The molecule has 3 rings (SSSR count). The topological polar surface area (TPSA) is 90.3 Å². The Bertz CT molecular complexity index is 836.